The van der Waals surface area contributed by atoms with E-state index in [0.29, 0.717) is 6.42 Å². The zero-order valence-corrected chi connectivity index (χ0v) is 11.8. The molecule has 1 fully saturated rings. The van der Waals surface area contributed by atoms with Gasteiger partial charge in [0, 0.05) is 13.1 Å². The van der Waals surface area contributed by atoms with Crippen molar-refractivity contribution in [3.05, 3.63) is 34.6 Å². The average molecular weight is 306 g/mol. The molecule has 0 aromatic heterocycles. The van der Waals surface area contributed by atoms with E-state index in [1.165, 1.54) is 24.1 Å². The number of sulfone groups is 1. The second-order valence-corrected chi connectivity index (χ2v) is 7.21. The topological polar surface area (TPSA) is 54.5 Å². The summed E-state index contributed by atoms with van der Waals surface area (Å²) in [6, 6.07) is 3.57. The predicted molar refractivity (Wildman–Crippen MR) is 70.6 cm³/mol. The number of hydrogen-bond donors (Lipinski definition) is 0. The SMILES string of the molecule is CN(C(=O)c1c(F)cccc1Cl)[C@H]1CCS(=O)(=O)C1. The second-order valence-electron chi connectivity index (χ2n) is 4.57. The first-order valence-electron chi connectivity index (χ1n) is 5.73. The highest BCUT2D eigenvalue weighted by atomic mass is 35.5. The zero-order valence-electron chi connectivity index (χ0n) is 10.3. The summed E-state index contributed by atoms with van der Waals surface area (Å²) in [6.45, 7) is 0. The van der Waals surface area contributed by atoms with Crippen LogP contribution in [0.3, 0.4) is 0 Å². The fraction of sp³-hybridized carbons (Fsp3) is 0.417. The molecule has 1 aromatic carbocycles. The third-order valence-corrected chi connectivity index (χ3v) is 5.32. The molecule has 0 N–H and O–H groups in total. The molecule has 0 bridgehead atoms. The lowest BCUT2D eigenvalue weighted by Gasteiger charge is -2.24. The molecule has 1 heterocycles. The van der Waals surface area contributed by atoms with Crippen molar-refractivity contribution in [3.63, 3.8) is 0 Å². The minimum atomic E-state index is -3.10. The summed E-state index contributed by atoms with van der Waals surface area (Å²) in [5, 5.41) is 0.0257. The number of hydrogen-bond acceptors (Lipinski definition) is 3. The van der Waals surface area contributed by atoms with Gasteiger partial charge in [-0.15, -0.1) is 0 Å². The molecule has 1 aliphatic rings. The quantitative estimate of drug-likeness (QED) is 0.836. The number of nitrogens with zero attached hydrogens (tertiary/aromatic N) is 1. The van der Waals surface area contributed by atoms with Crippen molar-refractivity contribution in [2.75, 3.05) is 18.6 Å². The fourth-order valence-corrected chi connectivity index (χ4v) is 4.14. The number of rotatable bonds is 2. The Balaban J connectivity index is 2.25. The van der Waals surface area contributed by atoms with Crippen LogP contribution >= 0.6 is 11.6 Å². The first-order valence-corrected chi connectivity index (χ1v) is 7.93. The van der Waals surface area contributed by atoms with E-state index >= 15 is 0 Å². The van der Waals surface area contributed by atoms with Crippen LogP contribution in [0.25, 0.3) is 0 Å². The Bertz CT molecular complexity index is 597. The highest BCUT2D eigenvalue weighted by molar-refractivity contribution is 7.91. The minimum Gasteiger partial charge on any atom is -0.338 e. The van der Waals surface area contributed by atoms with Crippen molar-refractivity contribution in [2.24, 2.45) is 0 Å². The summed E-state index contributed by atoms with van der Waals surface area (Å²) >= 11 is 5.83. The van der Waals surface area contributed by atoms with Crippen LogP contribution in [0.2, 0.25) is 5.02 Å². The van der Waals surface area contributed by atoms with Crippen LogP contribution < -0.4 is 0 Å². The van der Waals surface area contributed by atoms with E-state index in [1.54, 1.807) is 0 Å². The molecule has 0 radical (unpaired) electrons. The van der Waals surface area contributed by atoms with Gasteiger partial charge in [0.15, 0.2) is 9.84 Å². The Hall–Kier alpha value is -1.14. The van der Waals surface area contributed by atoms with Crippen molar-refractivity contribution in [3.8, 4) is 0 Å². The summed E-state index contributed by atoms with van der Waals surface area (Å²) in [6.07, 6.45) is 0.372. The minimum absolute atomic E-state index is 0.0257. The molecule has 1 saturated heterocycles. The highest BCUT2D eigenvalue weighted by Crippen LogP contribution is 2.24. The summed E-state index contributed by atoms with van der Waals surface area (Å²) in [4.78, 5) is 13.4. The Morgan fingerprint density at radius 2 is 2.16 bits per heavy atom. The van der Waals surface area contributed by atoms with E-state index < -0.39 is 27.6 Å². The van der Waals surface area contributed by atoms with Gasteiger partial charge in [-0.05, 0) is 18.6 Å². The summed E-state index contributed by atoms with van der Waals surface area (Å²) in [5.41, 5.74) is -0.212. The molecule has 1 atom stereocenters. The molecule has 1 aromatic rings. The largest absolute Gasteiger partial charge is 0.338 e. The summed E-state index contributed by atoms with van der Waals surface area (Å²) < 4.78 is 36.5. The number of benzene rings is 1. The smallest absolute Gasteiger partial charge is 0.258 e. The Labute approximate surface area is 116 Å². The number of carbonyl (C=O) groups excluding carboxylic acids is 1. The van der Waals surface area contributed by atoms with Crippen molar-refractivity contribution in [2.45, 2.75) is 12.5 Å². The average Bonchev–Trinajstić information content (AvgIpc) is 2.68. The van der Waals surface area contributed by atoms with Gasteiger partial charge in [-0.2, -0.15) is 0 Å². The second kappa shape index (κ2) is 5.09. The number of amides is 1. The molecule has 0 unspecified atom stereocenters. The number of carbonyl (C=O) groups is 1. The maximum absolute atomic E-state index is 13.7. The molecular weight excluding hydrogens is 293 g/mol. The number of halogens is 2. The van der Waals surface area contributed by atoms with Gasteiger partial charge in [0.1, 0.15) is 5.82 Å². The third-order valence-electron chi connectivity index (χ3n) is 3.25. The molecule has 0 spiro atoms. The van der Waals surface area contributed by atoms with Crippen LogP contribution in [-0.4, -0.2) is 43.8 Å². The maximum atomic E-state index is 13.7. The van der Waals surface area contributed by atoms with Crippen molar-refractivity contribution in [1.82, 2.24) is 4.90 Å². The molecule has 19 heavy (non-hydrogen) atoms. The van der Waals surface area contributed by atoms with Crippen molar-refractivity contribution in [1.29, 1.82) is 0 Å². The highest BCUT2D eigenvalue weighted by Gasteiger charge is 2.34. The normalized spacial score (nSPS) is 21.3. The van der Waals surface area contributed by atoms with E-state index in [-0.39, 0.29) is 22.1 Å². The van der Waals surface area contributed by atoms with Gasteiger partial charge >= 0.3 is 0 Å². The first-order chi connectivity index (χ1) is 8.82. The lowest BCUT2D eigenvalue weighted by molar-refractivity contribution is 0.0743. The third kappa shape index (κ3) is 2.90. The Kier molecular flexibility index (Phi) is 3.82. The van der Waals surface area contributed by atoms with E-state index in [9.17, 15) is 17.6 Å². The molecule has 7 heteroatoms. The van der Waals surface area contributed by atoms with Crippen LogP contribution in [0.15, 0.2) is 18.2 Å². The molecule has 0 aliphatic carbocycles. The maximum Gasteiger partial charge on any atom is 0.258 e. The van der Waals surface area contributed by atoms with Gasteiger partial charge < -0.3 is 4.90 Å². The van der Waals surface area contributed by atoms with Gasteiger partial charge in [0.25, 0.3) is 5.91 Å². The van der Waals surface area contributed by atoms with E-state index in [0.717, 1.165) is 6.07 Å². The molecule has 104 valence electrons. The Morgan fingerprint density at radius 1 is 1.47 bits per heavy atom. The van der Waals surface area contributed by atoms with Crippen LogP contribution in [0, 0.1) is 5.82 Å². The van der Waals surface area contributed by atoms with Gasteiger partial charge in [0.05, 0.1) is 22.1 Å². The van der Waals surface area contributed by atoms with Gasteiger partial charge in [0.2, 0.25) is 0 Å². The lowest BCUT2D eigenvalue weighted by atomic mass is 10.1. The van der Waals surface area contributed by atoms with E-state index in [2.05, 4.69) is 0 Å². The summed E-state index contributed by atoms with van der Waals surface area (Å²) in [5.74, 6) is -1.32. The molecule has 4 nitrogen and oxygen atoms in total. The van der Waals surface area contributed by atoms with Gasteiger partial charge in [-0.25, -0.2) is 12.8 Å². The lowest BCUT2D eigenvalue weighted by Crippen LogP contribution is -2.38. The van der Waals surface area contributed by atoms with Gasteiger partial charge in [-0.3, -0.25) is 4.79 Å². The van der Waals surface area contributed by atoms with Crippen LogP contribution in [0.1, 0.15) is 16.8 Å². The monoisotopic (exact) mass is 305 g/mol. The standard InChI is InChI=1S/C12H13ClFNO3S/c1-15(8-5-6-19(17,18)7-8)12(16)11-9(13)3-2-4-10(11)14/h2-4,8H,5-7H2,1H3/t8-/m0/s1. The molecule has 1 amide bonds. The van der Waals surface area contributed by atoms with Crippen molar-refractivity contribution < 1.29 is 17.6 Å². The first kappa shape index (κ1) is 14.3. The molecule has 2 rings (SSSR count). The Morgan fingerprint density at radius 3 is 2.68 bits per heavy atom. The molecule has 1 aliphatic heterocycles. The van der Waals surface area contributed by atoms with Gasteiger partial charge in [-0.1, -0.05) is 17.7 Å². The van der Waals surface area contributed by atoms with Crippen LogP contribution in [0.4, 0.5) is 4.39 Å². The predicted octanol–water partition coefficient (Wildman–Crippen LogP) is 1.74. The fourth-order valence-electron chi connectivity index (χ4n) is 2.13. The summed E-state index contributed by atoms with van der Waals surface area (Å²) in [7, 11) is -1.63. The van der Waals surface area contributed by atoms with Crippen LogP contribution in [-0.2, 0) is 9.84 Å². The van der Waals surface area contributed by atoms with Crippen LogP contribution in [0.5, 0.6) is 0 Å². The van der Waals surface area contributed by atoms with E-state index in [4.69, 9.17) is 11.6 Å². The molecule has 0 saturated carbocycles. The van der Waals surface area contributed by atoms with E-state index in [1.807, 2.05) is 0 Å². The zero-order chi connectivity index (χ0) is 14.2. The van der Waals surface area contributed by atoms with Crippen molar-refractivity contribution >= 4 is 27.3 Å². The molecular formula is C12H13ClFNO3S.